The summed E-state index contributed by atoms with van der Waals surface area (Å²) in [6.07, 6.45) is 0.276. The number of hydrogen-bond donors (Lipinski definition) is 2. The number of urea groups is 1. The Morgan fingerprint density at radius 1 is 1.39 bits per heavy atom. The first-order chi connectivity index (χ1) is 8.28. The molecule has 6 heteroatoms. The number of carbonyl (C=O) groups excluding carboxylic acids is 1. The fourth-order valence-corrected chi connectivity index (χ4v) is 1.95. The van der Waals surface area contributed by atoms with Crippen molar-refractivity contribution in [2.24, 2.45) is 0 Å². The van der Waals surface area contributed by atoms with Gasteiger partial charge >= 0.3 is 12.0 Å². The van der Waals surface area contributed by atoms with E-state index < -0.39 is 11.5 Å². The molecule has 0 radical (unpaired) electrons. The third-order valence-corrected chi connectivity index (χ3v) is 3.27. The van der Waals surface area contributed by atoms with Gasteiger partial charge in [0.25, 0.3) is 0 Å². The normalized spacial score (nSPS) is 27.4. The van der Waals surface area contributed by atoms with Gasteiger partial charge in [-0.3, -0.25) is 0 Å². The minimum atomic E-state index is -1.22. The molecule has 1 aliphatic rings. The van der Waals surface area contributed by atoms with Crippen LogP contribution in [0.2, 0.25) is 0 Å². The van der Waals surface area contributed by atoms with Crippen molar-refractivity contribution in [1.82, 2.24) is 10.2 Å². The van der Waals surface area contributed by atoms with Gasteiger partial charge in [-0.25, -0.2) is 9.59 Å². The lowest BCUT2D eigenvalue weighted by molar-refractivity contribution is -0.144. The topological polar surface area (TPSA) is 78.9 Å². The predicted molar refractivity (Wildman–Crippen MR) is 66.4 cm³/mol. The minimum absolute atomic E-state index is 0.0304. The second-order valence-electron chi connectivity index (χ2n) is 5.08. The molecular formula is C12H22N2O4. The number of amides is 2. The molecule has 1 saturated heterocycles. The summed E-state index contributed by atoms with van der Waals surface area (Å²) in [4.78, 5) is 24.8. The zero-order valence-corrected chi connectivity index (χ0v) is 11.4. The van der Waals surface area contributed by atoms with Gasteiger partial charge in [-0.15, -0.1) is 0 Å². The molecule has 0 aromatic heterocycles. The fourth-order valence-electron chi connectivity index (χ4n) is 1.95. The van der Waals surface area contributed by atoms with Gasteiger partial charge in [0.05, 0.1) is 12.2 Å². The third kappa shape index (κ3) is 3.35. The van der Waals surface area contributed by atoms with Crippen molar-refractivity contribution in [2.75, 3.05) is 13.1 Å². The Balaban J connectivity index is 2.67. The van der Waals surface area contributed by atoms with E-state index in [2.05, 4.69) is 5.32 Å². The van der Waals surface area contributed by atoms with Gasteiger partial charge in [-0.05, 0) is 27.2 Å². The second-order valence-corrected chi connectivity index (χ2v) is 5.08. The van der Waals surface area contributed by atoms with Crippen LogP contribution in [0.25, 0.3) is 0 Å². The number of morpholine rings is 1. The lowest BCUT2D eigenvalue weighted by Gasteiger charge is -2.37. The molecular weight excluding hydrogens is 236 g/mol. The van der Waals surface area contributed by atoms with Crippen molar-refractivity contribution < 1.29 is 19.4 Å². The Bertz CT molecular complexity index is 324. The number of carboxylic acids is 1. The van der Waals surface area contributed by atoms with E-state index in [1.165, 1.54) is 6.92 Å². The van der Waals surface area contributed by atoms with Crippen molar-refractivity contribution in [3.8, 4) is 0 Å². The summed E-state index contributed by atoms with van der Waals surface area (Å²) in [6.45, 7) is 8.00. The molecule has 0 saturated carbocycles. The summed E-state index contributed by atoms with van der Waals surface area (Å²) in [5, 5.41) is 11.7. The van der Waals surface area contributed by atoms with Crippen LogP contribution in [-0.4, -0.2) is 52.8 Å². The van der Waals surface area contributed by atoms with Crippen LogP contribution in [0.5, 0.6) is 0 Å². The van der Waals surface area contributed by atoms with Crippen LogP contribution >= 0.6 is 0 Å². The van der Waals surface area contributed by atoms with E-state index in [0.717, 1.165) is 0 Å². The maximum atomic E-state index is 12.1. The number of nitrogens with zero attached hydrogens (tertiary/aromatic N) is 1. The van der Waals surface area contributed by atoms with Crippen molar-refractivity contribution in [1.29, 1.82) is 0 Å². The summed E-state index contributed by atoms with van der Waals surface area (Å²) >= 11 is 0. The molecule has 18 heavy (non-hydrogen) atoms. The molecule has 3 unspecified atom stereocenters. The number of aliphatic carboxylic acids is 1. The average molecular weight is 258 g/mol. The highest BCUT2D eigenvalue weighted by atomic mass is 16.5. The molecule has 2 N–H and O–H groups in total. The summed E-state index contributed by atoms with van der Waals surface area (Å²) in [6, 6.07) is -0.344. The Morgan fingerprint density at radius 2 is 1.89 bits per heavy atom. The van der Waals surface area contributed by atoms with Crippen LogP contribution in [-0.2, 0) is 9.53 Å². The molecule has 1 fully saturated rings. The van der Waals surface area contributed by atoms with Crippen LogP contribution in [0.4, 0.5) is 4.79 Å². The first-order valence-corrected chi connectivity index (χ1v) is 6.24. The second kappa shape index (κ2) is 5.56. The maximum Gasteiger partial charge on any atom is 0.329 e. The number of hydrogen-bond acceptors (Lipinski definition) is 3. The highest BCUT2D eigenvalue weighted by molar-refractivity contribution is 5.85. The first-order valence-electron chi connectivity index (χ1n) is 6.24. The third-order valence-electron chi connectivity index (χ3n) is 3.27. The number of carboxylic acid groups (broad SMARTS) is 1. The van der Waals surface area contributed by atoms with Crippen LogP contribution in [0.3, 0.4) is 0 Å². The summed E-state index contributed by atoms with van der Waals surface area (Å²) < 4.78 is 5.53. The molecule has 6 nitrogen and oxygen atoms in total. The van der Waals surface area contributed by atoms with E-state index in [4.69, 9.17) is 9.84 Å². The fraction of sp³-hybridized carbons (Fsp3) is 0.833. The minimum Gasteiger partial charge on any atom is -0.480 e. The molecule has 2 amide bonds. The Labute approximate surface area is 107 Å². The highest BCUT2D eigenvalue weighted by Gasteiger charge is 2.35. The highest BCUT2D eigenvalue weighted by Crippen LogP contribution is 2.14. The van der Waals surface area contributed by atoms with Crippen molar-refractivity contribution >= 4 is 12.0 Å². The Kier molecular flexibility index (Phi) is 4.56. The predicted octanol–water partition coefficient (Wildman–Crippen LogP) is 1.06. The van der Waals surface area contributed by atoms with Crippen LogP contribution < -0.4 is 5.32 Å². The van der Waals surface area contributed by atoms with E-state index in [1.807, 2.05) is 13.8 Å². The average Bonchev–Trinajstić information content (AvgIpc) is 2.27. The number of rotatable bonds is 3. The van der Waals surface area contributed by atoms with Crippen molar-refractivity contribution in [3.63, 3.8) is 0 Å². The van der Waals surface area contributed by atoms with E-state index in [1.54, 1.807) is 11.8 Å². The number of ether oxygens (including phenoxy) is 1. The number of nitrogens with one attached hydrogen (secondary N) is 1. The smallest absolute Gasteiger partial charge is 0.329 e. The monoisotopic (exact) mass is 258 g/mol. The van der Waals surface area contributed by atoms with E-state index in [-0.39, 0.29) is 18.2 Å². The van der Waals surface area contributed by atoms with Gasteiger partial charge in [0, 0.05) is 13.1 Å². The van der Waals surface area contributed by atoms with Gasteiger partial charge < -0.3 is 20.1 Å². The van der Waals surface area contributed by atoms with Crippen molar-refractivity contribution in [3.05, 3.63) is 0 Å². The lowest BCUT2D eigenvalue weighted by atomic mass is 9.99. The zero-order chi connectivity index (χ0) is 13.9. The summed E-state index contributed by atoms with van der Waals surface area (Å²) in [5.41, 5.74) is -1.22. The number of carbonyl (C=O) groups is 2. The molecule has 1 heterocycles. The van der Waals surface area contributed by atoms with Gasteiger partial charge in [0.15, 0.2) is 0 Å². The molecule has 0 spiro atoms. The van der Waals surface area contributed by atoms with E-state index in [0.29, 0.717) is 19.5 Å². The zero-order valence-electron chi connectivity index (χ0n) is 11.4. The van der Waals surface area contributed by atoms with E-state index >= 15 is 0 Å². The molecule has 1 rings (SSSR count). The molecule has 3 atom stereocenters. The largest absolute Gasteiger partial charge is 0.480 e. The molecule has 104 valence electrons. The van der Waals surface area contributed by atoms with Crippen LogP contribution in [0.1, 0.15) is 34.1 Å². The Hall–Kier alpha value is -1.30. The molecule has 0 aromatic rings. The summed E-state index contributed by atoms with van der Waals surface area (Å²) in [5.74, 6) is -1.02. The van der Waals surface area contributed by atoms with Gasteiger partial charge in [0.1, 0.15) is 5.54 Å². The van der Waals surface area contributed by atoms with Crippen LogP contribution in [0, 0.1) is 0 Å². The first kappa shape index (κ1) is 14.8. The van der Waals surface area contributed by atoms with Crippen LogP contribution in [0.15, 0.2) is 0 Å². The quantitative estimate of drug-likeness (QED) is 0.793. The molecule has 0 aliphatic carbocycles. The maximum absolute atomic E-state index is 12.1. The lowest BCUT2D eigenvalue weighted by Crippen LogP contribution is -2.59. The Morgan fingerprint density at radius 3 is 2.28 bits per heavy atom. The molecule has 0 bridgehead atoms. The van der Waals surface area contributed by atoms with Gasteiger partial charge in [-0.2, -0.15) is 0 Å². The standard InChI is InChI=1S/C12H22N2O4/c1-5-12(4,10(15)16)13-11(17)14-6-8(2)18-9(3)7-14/h8-9H,5-7H2,1-4H3,(H,13,17)(H,15,16). The van der Waals surface area contributed by atoms with Gasteiger partial charge in [0.2, 0.25) is 0 Å². The molecule has 1 aliphatic heterocycles. The molecule has 0 aromatic carbocycles. The SMILES string of the molecule is CCC(C)(NC(=O)N1CC(C)OC(C)C1)C(=O)O. The van der Waals surface area contributed by atoms with Crippen molar-refractivity contribution in [2.45, 2.75) is 51.9 Å². The summed E-state index contributed by atoms with van der Waals surface area (Å²) in [7, 11) is 0. The van der Waals surface area contributed by atoms with Gasteiger partial charge in [-0.1, -0.05) is 6.92 Å². The van der Waals surface area contributed by atoms with E-state index in [9.17, 15) is 9.59 Å².